The fourth-order valence-electron chi connectivity index (χ4n) is 3.68. The van der Waals surface area contributed by atoms with Crippen LogP contribution in [0.25, 0.3) is 0 Å². The molecule has 0 radical (unpaired) electrons. The SMILES string of the molecule is CC/C=C1\C(C=O)=CN(CC(N(C)CCC)C(C)(C=O)CCOC)C(C)=C1O. The molecule has 0 aliphatic carbocycles. The van der Waals surface area contributed by atoms with Crippen molar-refractivity contribution in [3.8, 4) is 0 Å². The van der Waals surface area contributed by atoms with E-state index in [2.05, 4.69) is 11.8 Å². The highest BCUT2D eigenvalue weighted by Gasteiger charge is 2.38. The monoisotopic (exact) mass is 392 g/mol. The van der Waals surface area contributed by atoms with Crippen molar-refractivity contribution in [2.45, 2.75) is 53.0 Å². The van der Waals surface area contributed by atoms with E-state index in [1.165, 1.54) is 0 Å². The van der Waals surface area contributed by atoms with Gasteiger partial charge in [0.15, 0.2) is 6.29 Å². The second-order valence-corrected chi connectivity index (χ2v) is 7.68. The molecule has 6 nitrogen and oxygen atoms in total. The number of methoxy groups -OCH3 is 1. The molecule has 0 saturated heterocycles. The number of nitrogens with zero attached hydrogens (tertiary/aromatic N) is 2. The number of likely N-dealkylation sites (N-methyl/N-ethyl adjacent to an activating group) is 1. The van der Waals surface area contributed by atoms with Crippen LogP contribution in [0.3, 0.4) is 0 Å². The molecule has 0 saturated carbocycles. The molecule has 0 bridgehead atoms. The maximum absolute atomic E-state index is 12.1. The predicted molar refractivity (Wildman–Crippen MR) is 112 cm³/mol. The Labute approximate surface area is 169 Å². The van der Waals surface area contributed by atoms with E-state index < -0.39 is 5.41 Å². The topological polar surface area (TPSA) is 70.1 Å². The van der Waals surface area contributed by atoms with Gasteiger partial charge in [0, 0.05) is 49.1 Å². The number of aldehydes is 2. The number of carbonyl (C=O) groups is 2. The summed E-state index contributed by atoms with van der Waals surface area (Å²) in [6, 6.07) is -0.108. The van der Waals surface area contributed by atoms with Gasteiger partial charge in [-0.2, -0.15) is 0 Å². The summed E-state index contributed by atoms with van der Waals surface area (Å²) >= 11 is 0. The van der Waals surface area contributed by atoms with Crippen LogP contribution in [0.5, 0.6) is 0 Å². The Morgan fingerprint density at radius 3 is 2.54 bits per heavy atom. The number of aliphatic hydroxyl groups is 1. The van der Waals surface area contributed by atoms with Gasteiger partial charge in [-0.1, -0.05) is 26.8 Å². The fourth-order valence-corrected chi connectivity index (χ4v) is 3.68. The largest absolute Gasteiger partial charge is 0.505 e. The maximum Gasteiger partial charge on any atom is 0.152 e. The van der Waals surface area contributed by atoms with Gasteiger partial charge < -0.3 is 24.4 Å². The van der Waals surface area contributed by atoms with Crippen molar-refractivity contribution < 1.29 is 19.4 Å². The lowest BCUT2D eigenvalue weighted by molar-refractivity contribution is -0.120. The first-order chi connectivity index (χ1) is 13.3. The Kier molecular flexibility index (Phi) is 9.62. The third-order valence-electron chi connectivity index (χ3n) is 5.52. The quantitative estimate of drug-likeness (QED) is 0.513. The Morgan fingerprint density at radius 1 is 1.36 bits per heavy atom. The van der Waals surface area contributed by atoms with Crippen molar-refractivity contribution in [2.75, 3.05) is 33.9 Å². The van der Waals surface area contributed by atoms with Crippen molar-refractivity contribution in [2.24, 2.45) is 5.41 Å². The molecule has 0 amide bonds. The van der Waals surface area contributed by atoms with Gasteiger partial charge in [0.2, 0.25) is 0 Å². The number of aliphatic hydroxyl groups excluding tert-OH is 1. The molecule has 1 heterocycles. The third-order valence-corrected chi connectivity index (χ3v) is 5.52. The summed E-state index contributed by atoms with van der Waals surface area (Å²) in [6.07, 6.45) is 7.69. The van der Waals surface area contributed by atoms with Gasteiger partial charge in [0.05, 0.1) is 5.70 Å². The number of allylic oxidation sites excluding steroid dienone is 3. The third kappa shape index (κ3) is 5.55. The van der Waals surface area contributed by atoms with Crippen LogP contribution in [0.4, 0.5) is 0 Å². The first-order valence-electron chi connectivity index (χ1n) is 9.99. The van der Waals surface area contributed by atoms with Crippen molar-refractivity contribution in [3.05, 3.63) is 34.9 Å². The van der Waals surface area contributed by atoms with Crippen LogP contribution in [0.15, 0.2) is 34.9 Å². The molecule has 0 aromatic rings. The number of rotatable bonds is 12. The molecule has 1 aliphatic rings. The van der Waals surface area contributed by atoms with Crippen LogP contribution in [0.2, 0.25) is 0 Å². The standard InChI is InChI=1S/C22H36N2O4/c1-7-9-19-18(15-25)13-24(17(3)21(19)27)14-20(23(5)11-8-2)22(4,16-26)10-12-28-6/h9,13,15-16,20,27H,7-8,10-12,14H2,1-6H3/b19-9+. The minimum atomic E-state index is -0.620. The molecule has 0 aromatic carbocycles. The normalized spacial score (nSPS) is 19.6. The number of hydrogen-bond acceptors (Lipinski definition) is 6. The summed E-state index contributed by atoms with van der Waals surface area (Å²) in [5.74, 6) is 0.119. The number of ether oxygens (including phenoxy) is 1. The molecule has 0 aromatic heterocycles. The Hall–Kier alpha value is -1.92. The van der Waals surface area contributed by atoms with E-state index in [1.807, 2.05) is 38.8 Å². The zero-order valence-electron chi connectivity index (χ0n) is 18.2. The highest BCUT2D eigenvalue weighted by Crippen LogP contribution is 2.33. The van der Waals surface area contributed by atoms with Gasteiger partial charge in [-0.05, 0) is 39.8 Å². The van der Waals surface area contributed by atoms with Crippen LogP contribution >= 0.6 is 0 Å². The van der Waals surface area contributed by atoms with Gasteiger partial charge in [-0.25, -0.2) is 0 Å². The molecule has 1 N–H and O–H groups in total. The summed E-state index contributed by atoms with van der Waals surface area (Å²) in [5.41, 5.74) is 1.08. The molecule has 1 rings (SSSR count). The molecule has 158 valence electrons. The minimum Gasteiger partial charge on any atom is -0.505 e. The fraction of sp³-hybridized carbons (Fsp3) is 0.636. The van der Waals surface area contributed by atoms with E-state index >= 15 is 0 Å². The first kappa shape index (κ1) is 24.1. The van der Waals surface area contributed by atoms with E-state index in [4.69, 9.17) is 4.74 Å². The van der Waals surface area contributed by atoms with Gasteiger partial charge in [0.25, 0.3) is 0 Å². The molecule has 0 fully saturated rings. The lowest BCUT2D eigenvalue weighted by atomic mass is 9.79. The van der Waals surface area contributed by atoms with Crippen molar-refractivity contribution >= 4 is 12.6 Å². The van der Waals surface area contributed by atoms with Gasteiger partial charge in [0.1, 0.15) is 12.0 Å². The smallest absolute Gasteiger partial charge is 0.152 e. The summed E-state index contributed by atoms with van der Waals surface area (Å²) in [7, 11) is 3.64. The van der Waals surface area contributed by atoms with Gasteiger partial charge in [-0.15, -0.1) is 0 Å². The second-order valence-electron chi connectivity index (χ2n) is 7.68. The van der Waals surface area contributed by atoms with Crippen molar-refractivity contribution in [1.82, 2.24) is 9.80 Å². The highest BCUT2D eigenvalue weighted by atomic mass is 16.5. The average molecular weight is 393 g/mol. The first-order valence-corrected chi connectivity index (χ1v) is 9.99. The van der Waals surface area contributed by atoms with Crippen LogP contribution in [0, 0.1) is 5.41 Å². The van der Waals surface area contributed by atoms with Gasteiger partial charge >= 0.3 is 0 Å². The molecule has 1 aliphatic heterocycles. The molecule has 0 spiro atoms. The average Bonchev–Trinajstić information content (AvgIpc) is 2.69. The van der Waals surface area contributed by atoms with Crippen LogP contribution in [0.1, 0.15) is 47.0 Å². The van der Waals surface area contributed by atoms with E-state index in [0.29, 0.717) is 36.4 Å². The zero-order chi connectivity index (χ0) is 21.3. The van der Waals surface area contributed by atoms with E-state index in [1.54, 1.807) is 13.3 Å². The zero-order valence-corrected chi connectivity index (χ0v) is 18.2. The molecule has 6 heteroatoms. The second kappa shape index (κ2) is 11.2. The highest BCUT2D eigenvalue weighted by molar-refractivity contribution is 5.83. The number of hydrogen-bond donors (Lipinski definition) is 1. The van der Waals surface area contributed by atoms with Crippen LogP contribution in [-0.4, -0.2) is 67.4 Å². The van der Waals surface area contributed by atoms with E-state index in [-0.39, 0.29) is 11.8 Å². The lowest BCUT2D eigenvalue weighted by Gasteiger charge is -2.42. The van der Waals surface area contributed by atoms with Gasteiger partial charge in [-0.3, -0.25) is 4.79 Å². The molecule has 2 atom stereocenters. The van der Waals surface area contributed by atoms with E-state index in [0.717, 1.165) is 32.0 Å². The molecular weight excluding hydrogens is 356 g/mol. The predicted octanol–water partition coefficient (Wildman–Crippen LogP) is 3.46. The molecule has 28 heavy (non-hydrogen) atoms. The lowest BCUT2D eigenvalue weighted by Crippen LogP contribution is -2.52. The summed E-state index contributed by atoms with van der Waals surface area (Å²) in [6.45, 7) is 9.67. The van der Waals surface area contributed by atoms with E-state index in [9.17, 15) is 14.7 Å². The van der Waals surface area contributed by atoms with Crippen molar-refractivity contribution in [1.29, 1.82) is 0 Å². The van der Waals surface area contributed by atoms with Crippen LogP contribution in [-0.2, 0) is 14.3 Å². The van der Waals surface area contributed by atoms with Crippen molar-refractivity contribution in [3.63, 3.8) is 0 Å². The Balaban J connectivity index is 3.30. The molecular formula is C22H36N2O4. The van der Waals surface area contributed by atoms with Crippen LogP contribution < -0.4 is 0 Å². The summed E-state index contributed by atoms with van der Waals surface area (Å²) in [5, 5.41) is 10.7. The number of carbonyl (C=O) groups excluding carboxylic acids is 2. The Bertz CT molecular complexity index is 634. The summed E-state index contributed by atoms with van der Waals surface area (Å²) < 4.78 is 5.23. The Morgan fingerprint density at radius 2 is 2.04 bits per heavy atom. The maximum atomic E-state index is 12.1. The minimum absolute atomic E-state index is 0.108. The summed E-state index contributed by atoms with van der Waals surface area (Å²) in [4.78, 5) is 27.8. The molecule has 2 unspecified atom stereocenters.